The zero-order valence-corrected chi connectivity index (χ0v) is 14.9. The molecule has 1 amide bonds. The van der Waals surface area contributed by atoms with Crippen molar-refractivity contribution in [1.29, 1.82) is 0 Å². The van der Waals surface area contributed by atoms with Gasteiger partial charge in [-0.05, 0) is 6.07 Å². The third-order valence-electron chi connectivity index (χ3n) is 3.20. The third kappa shape index (κ3) is 4.95. The van der Waals surface area contributed by atoms with Gasteiger partial charge in [0.15, 0.2) is 11.3 Å². The van der Waals surface area contributed by atoms with Gasteiger partial charge >= 0.3 is 0 Å². The Morgan fingerprint density at radius 3 is 2.88 bits per heavy atom. The van der Waals surface area contributed by atoms with Crippen LogP contribution in [0.5, 0.6) is 0 Å². The van der Waals surface area contributed by atoms with Gasteiger partial charge in [0.05, 0.1) is 18.5 Å². The predicted molar refractivity (Wildman–Crippen MR) is 93.0 cm³/mol. The number of anilines is 1. The van der Waals surface area contributed by atoms with E-state index in [9.17, 15) is 18.4 Å². The average Bonchev–Trinajstić information content (AvgIpc) is 2.91. The van der Waals surface area contributed by atoms with Gasteiger partial charge in [0, 0.05) is 18.7 Å². The number of terminal acetylenes is 1. The second-order valence-corrected chi connectivity index (χ2v) is 7.85. The minimum Gasteiger partial charge on any atom is -0.619 e. The van der Waals surface area contributed by atoms with Gasteiger partial charge in [-0.3, -0.25) is 9.69 Å². The van der Waals surface area contributed by atoms with Crippen LogP contribution in [0.2, 0.25) is 5.15 Å². The Balaban J connectivity index is 2.33. The maximum atomic E-state index is 12.3. The molecule has 0 aliphatic heterocycles. The molecule has 0 radical (unpaired) electrons. The number of halogens is 1. The maximum Gasteiger partial charge on any atom is 0.228 e. The first-order chi connectivity index (χ1) is 11.7. The highest BCUT2D eigenvalue weighted by Gasteiger charge is 2.22. The molecule has 10 heteroatoms. The predicted octanol–water partition coefficient (Wildman–Crippen LogP) is 0.560. The van der Waals surface area contributed by atoms with E-state index in [0.29, 0.717) is 10.4 Å². The number of pyridine rings is 1. The van der Waals surface area contributed by atoms with Gasteiger partial charge < -0.3 is 5.21 Å². The van der Waals surface area contributed by atoms with E-state index in [1.165, 1.54) is 34.2 Å². The summed E-state index contributed by atoms with van der Waals surface area (Å²) in [7, 11) is -3.29. The topological polar surface area (TPSA) is 99.2 Å². The zero-order valence-electron chi connectivity index (χ0n) is 13.3. The monoisotopic (exact) mass is 382 g/mol. The minimum atomic E-state index is -3.29. The van der Waals surface area contributed by atoms with Crippen molar-refractivity contribution in [2.24, 2.45) is 0 Å². The van der Waals surface area contributed by atoms with Gasteiger partial charge in [-0.25, -0.2) is 13.1 Å². The summed E-state index contributed by atoms with van der Waals surface area (Å²) < 4.78 is 24.4. The van der Waals surface area contributed by atoms with E-state index in [1.807, 2.05) is 0 Å². The van der Waals surface area contributed by atoms with Crippen molar-refractivity contribution >= 4 is 33.0 Å². The molecule has 0 bridgehead atoms. The van der Waals surface area contributed by atoms with Crippen LogP contribution in [0.15, 0.2) is 30.7 Å². The molecule has 2 rings (SSSR count). The van der Waals surface area contributed by atoms with E-state index in [-0.39, 0.29) is 29.6 Å². The minimum absolute atomic E-state index is 0.00394. The fourth-order valence-corrected chi connectivity index (χ4v) is 2.82. The Bertz CT molecular complexity index is 933. The van der Waals surface area contributed by atoms with Crippen molar-refractivity contribution in [2.75, 3.05) is 23.5 Å². The Morgan fingerprint density at radius 2 is 2.28 bits per heavy atom. The van der Waals surface area contributed by atoms with Crippen LogP contribution in [0.4, 0.5) is 5.69 Å². The largest absolute Gasteiger partial charge is 0.619 e. The number of hydrogen-bond donors (Lipinski definition) is 0. The number of rotatable bonds is 6. The van der Waals surface area contributed by atoms with Crippen LogP contribution in [-0.4, -0.2) is 42.7 Å². The standard InChI is InChI=1S/C15H15ClN4O4S/c1-3-7-19(14(21)6-9-25(2,23)24)13-11-20(17-15(13)16)12-5-4-8-18(22)10-12/h1,4-5,8,10-11H,6-7,9H2,2H3. The zero-order chi connectivity index (χ0) is 18.6. The summed E-state index contributed by atoms with van der Waals surface area (Å²) >= 11 is 6.10. The molecule has 0 aliphatic carbocycles. The summed E-state index contributed by atoms with van der Waals surface area (Å²) in [6.45, 7) is -0.0929. The molecule has 0 spiro atoms. The van der Waals surface area contributed by atoms with Gasteiger partial charge in [-0.1, -0.05) is 17.5 Å². The maximum absolute atomic E-state index is 12.3. The molecule has 0 atom stereocenters. The number of amides is 1. The highest BCUT2D eigenvalue weighted by molar-refractivity contribution is 7.90. The molecule has 8 nitrogen and oxygen atoms in total. The molecule has 2 aromatic rings. The summed E-state index contributed by atoms with van der Waals surface area (Å²) in [6.07, 6.45) is 10.2. The summed E-state index contributed by atoms with van der Waals surface area (Å²) in [5, 5.41) is 15.4. The molecular formula is C15H15ClN4O4S. The molecule has 0 aliphatic rings. The number of hydrogen-bond acceptors (Lipinski definition) is 5. The van der Waals surface area contributed by atoms with Crippen LogP contribution in [0.25, 0.3) is 5.69 Å². The molecule has 2 aromatic heterocycles. The van der Waals surface area contributed by atoms with E-state index in [4.69, 9.17) is 18.0 Å². The van der Waals surface area contributed by atoms with Gasteiger partial charge in [0.25, 0.3) is 0 Å². The highest BCUT2D eigenvalue weighted by atomic mass is 35.5. The van der Waals surface area contributed by atoms with Crippen molar-refractivity contribution < 1.29 is 17.9 Å². The first kappa shape index (κ1) is 18.8. The number of aromatic nitrogens is 3. The molecule has 0 N–H and O–H groups in total. The van der Waals surface area contributed by atoms with E-state index in [1.54, 1.807) is 6.07 Å². The second kappa shape index (κ2) is 7.55. The van der Waals surface area contributed by atoms with E-state index in [0.717, 1.165) is 6.26 Å². The fraction of sp³-hybridized carbons (Fsp3) is 0.267. The van der Waals surface area contributed by atoms with E-state index >= 15 is 0 Å². The molecule has 2 heterocycles. The van der Waals surface area contributed by atoms with Gasteiger partial charge in [-0.2, -0.15) is 9.83 Å². The van der Waals surface area contributed by atoms with Crippen molar-refractivity contribution in [2.45, 2.75) is 6.42 Å². The van der Waals surface area contributed by atoms with Crippen LogP contribution < -0.4 is 9.63 Å². The lowest BCUT2D eigenvalue weighted by atomic mass is 10.3. The Labute approximate surface area is 150 Å². The Hall–Kier alpha value is -2.57. The number of sulfone groups is 1. The average molecular weight is 383 g/mol. The lowest BCUT2D eigenvalue weighted by Crippen LogP contribution is -2.32. The molecule has 0 aromatic carbocycles. The van der Waals surface area contributed by atoms with Crippen molar-refractivity contribution in [1.82, 2.24) is 9.78 Å². The SMILES string of the molecule is C#CCN(C(=O)CCS(C)(=O)=O)c1cn(-c2ccc[n+]([O-])c2)nc1Cl. The number of carbonyl (C=O) groups is 1. The summed E-state index contributed by atoms with van der Waals surface area (Å²) in [5.41, 5.74) is 0.675. The normalized spacial score (nSPS) is 11.1. The van der Waals surface area contributed by atoms with E-state index in [2.05, 4.69) is 11.0 Å². The second-order valence-electron chi connectivity index (χ2n) is 5.24. The molecule has 0 fully saturated rings. The van der Waals surface area contributed by atoms with Crippen LogP contribution in [0.1, 0.15) is 6.42 Å². The smallest absolute Gasteiger partial charge is 0.228 e. The molecule has 132 valence electrons. The van der Waals surface area contributed by atoms with Gasteiger partial charge in [0.2, 0.25) is 12.1 Å². The van der Waals surface area contributed by atoms with Gasteiger partial charge in [-0.15, -0.1) is 6.42 Å². The number of nitrogens with zero attached hydrogens (tertiary/aromatic N) is 4. The van der Waals surface area contributed by atoms with Crippen LogP contribution in [0, 0.1) is 17.6 Å². The van der Waals surface area contributed by atoms with Crippen molar-refractivity contribution in [3.8, 4) is 18.0 Å². The number of carbonyl (C=O) groups excluding carboxylic acids is 1. The Morgan fingerprint density at radius 1 is 1.56 bits per heavy atom. The molecule has 25 heavy (non-hydrogen) atoms. The summed E-state index contributed by atoms with van der Waals surface area (Å²) in [4.78, 5) is 13.5. The van der Waals surface area contributed by atoms with Crippen LogP contribution in [0.3, 0.4) is 0 Å². The van der Waals surface area contributed by atoms with Crippen molar-refractivity contribution in [3.05, 3.63) is 41.1 Å². The molecular weight excluding hydrogens is 368 g/mol. The first-order valence-electron chi connectivity index (χ1n) is 7.07. The van der Waals surface area contributed by atoms with Crippen molar-refractivity contribution in [3.63, 3.8) is 0 Å². The van der Waals surface area contributed by atoms with Crippen LogP contribution in [-0.2, 0) is 14.6 Å². The molecule has 0 saturated carbocycles. The molecule has 0 unspecified atom stereocenters. The third-order valence-corrected chi connectivity index (χ3v) is 4.42. The highest BCUT2D eigenvalue weighted by Crippen LogP contribution is 2.26. The van der Waals surface area contributed by atoms with E-state index < -0.39 is 15.7 Å². The lowest BCUT2D eigenvalue weighted by molar-refractivity contribution is -0.605. The van der Waals surface area contributed by atoms with Gasteiger partial charge in [0.1, 0.15) is 21.2 Å². The molecule has 0 saturated heterocycles. The Kier molecular flexibility index (Phi) is 5.66. The summed E-state index contributed by atoms with van der Waals surface area (Å²) in [5.74, 6) is 1.55. The lowest BCUT2D eigenvalue weighted by Gasteiger charge is -2.18. The quantitative estimate of drug-likeness (QED) is 0.413. The first-order valence-corrected chi connectivity index (χ1v) is 9.51. The van der Waals surface area contributed by atoms with Crippen LogP contribution >= 0.6 is 11.6 Å². The summed E-state index contributed by atoms with van der Waals surface area (Å²) in [6, 6.07) is 3.17. The fourth-order valence-electron chi connectivity index (χ4n) is 2.04.